The number of hydrogen-bond donors (Lipinski definition) is 1. The largest absolute Gasteiger partial charge is 0.465 e. The molecule has 9 heteroatoms. The van der Waals surface area contributed by atoms with E-state index in [1.54, 1.807) is 24.3 Å². The quantitative estimate of drug-likeness (QED) is 0.505. The molecule has 0 aliphatic heterocycles. The summed E-state index contributed by atoms with van der Waals surface area (Å²) in [5.41, 5.74) is -0.0984. The lowest BCUT2D eigenvalue weighted by Gasteiger charge is -2.15. The van der Waals surface area contributed by atoms with Crippen LogP contribution < -0.4 is 10.1 Å². The number of rotatable bonds is 5. The number of carbonyl (C=O) groups is 1. The first kappa shape index (κ1) is 20.5. The SMILES string of the molecule is COC(=O)c1cc(Oc2ncccc2C(F)(F)F)ccc1Nc1ccccc1Cl. The summed E-state index contributed by atoms with van der Waals surface area (Å²) in [6.45, 7) is 0. The predicted octanol–water partition coefficient (Wildman–Crippen LogP) is 6.08. The van der Waals surface area contributed by atoms with Crippen LogP contribution in [0, 0.1) is 0 Å². The summed E-state index contributed by atoms with van der Waals surface area (Å²) in [4.78, 5) is 15.8. The van der Waals surface area contributed by atoms with E-state index in [0.29, 0.717) is 16.4 Å². The molecular weight excluding hydrogens is 409 g/mol. The van der Waals surface area contributed by atoms with Crippen molar-refractivity contribution >= 4 is 28.9 Å². The number of hydrogen-bond acceptors (Lipinski definition) is 5. The van der Waals surface area contributed by atoms with Crippen molar-refractivity contribution in [2.24, 2.45) is 0 Å². The van der Waals surface area contributed by atoms with Crippen LogP contribution >= 0.6 is 11.6 Å². The third-order valence-electron chi connectivity index (χ3n) is 3.83. The van der Waals surface area contributed by atoms with E-state index in [1.807, 2.05) is 0 Å². The molecule has 1 aromatic heterocycles. The van der Waals surface area contributed by atoms with Crippen LogP contribution in [-0.2, 0) is 10.9 Å². The molecule has 0 aliphatic carbocycles. The number of nitrogens with one attached hydrogen (secondary N) is 1. The van der Waals surface area contributed by atoms with E-state index in [4.69, 9.17) is 21.1 Å². The maximum absolute atomic E-state index is 13.1. The van der Waals surface area contributed by atoms with Gasteiger partial charge in [-0.15, -0.1) is 0 Å². The molecule has 0 aliphatic rings. The van der Waals surface area contributed by atoms with Crippen molar-refractivity contribution in [3.05, 3.63) is 76.9 Å². The normalized spacial score (nSPS) is 11.1. The molecule has 0 bridgehead atoms. The molecule has 0 fully saturated rings. The molecule has 0 unspecified atom stereocenters. The summed E-state index contributed by atoms with van der Waals surface area (Å²) in [5, 5.41) is 3.42. The molecule has 2 aromatic carbocycles. The predicted molar refractivity (Wildman–Crippen MR) is 102 cm³/mol. The molecule has 29 heavy (non-hydrogen) atoms. The number of pyridine rings is 1. The highest BCUT2D eigenvalue weighted by atomic mass is 35.5. The molecule has 0 amide bonds. The van der Waals surface area contributed by atoms with Crippen molar-refractivity contribution < 1.29 is 27.4 Å². The van der Waals surface area contributed by atoms with E-state index in [1.165, 1.54) is 31.5 Å². The molecule has 1 heterocycles. The molecule has 3 aromatic rings. The zero-order chi connectivity index (χ0) is 21.0. The topological polar surface area (TPSA) is 60.5 Å². The summed E-state index contributed by atoms with van der Waals surface area (Å²) in [7, 11) is 1.19. The van der Waals surface area contributed by atoms with Crippen LogP contribution in [0.1, 0.15) is 15.9 Å². The molecule has 0 saturated heterocycles. The Bertz CT molecular complexity index is 1040. The maximum atomic E-state index is 13.1. The van der Waals surface area contributed by atoms with Gasteiger partial charge in [0.15, 0.2) is 0 Å². The van der Waals surface area contributed by atoms with Crippen molar-refractivity contribution in [1.82, 2.24) is 4.98 Å². The van der Waals surface area contributed by atoms with Gasteiger partial charge in [-0.1, -0.05) is 23.7 Å². The first-order chi connectivity index (χ1) is 13.8. The highest BCUT2D eigenvalue weighted by Crippen LogP contribution is 2.37. The number of methoxy groups -OCH3 is 1. The van der Waals surface area contributed by atoms with E-state index < -0.39 is 23.6 Å². The summed E-state index contributed by atoms with van der Waals surface area (Å²) < 4.78 is 49.5. The Kier molecular flexibility index (Phi) is 5.93. The number of nitrogens with zero attached hydrogens (tertiary/aromatic N) is 1. The van der Waals surface area contributed by atoms with Gasteiger partial charge in [0.2, 0.25) is 5.88 Å². The van der Waals surface area contributed by atoms with Gasteiger partial charge in [-0.25, -0.2) is 9.78 Å². The van der Waals surface area contributed by atoms with Crippen LogP contribution in [0.2, 0.25) is 5.02 Å². The minimum Gasteiger partial charge on any atom is -0.465 e. The van der Waals surface area contributed by atoms with Crippen molar-refractivity contribution in [3.63, 3.8) is 0 Å². The average Bonchev–Trinajstić information content (AvgIpc) is 2.69. The van der Waals surface area contributed by atoms with Gasteiger partial charge in [0, 0.05) is 6.20 Å². The van der Waals surface area contributed by atoms with E-state index in [-0.39, 0.29) is 11.3 Å². The number of anilines is 2. The molecular formula is C20H14ClF3N2O3. The van der Waals surface area contributed by atoms with E-state index in [2.05, 4.69) is 10.3 Å². The minimum absolute atomic E-state index is 0.0145. The standard InChI is InChI=1S/C20H14ClF3N2O3/c1-28-19(27)13-11-12(29-18-14(20(22,23)24)5-4-10-25-18)8-9-16(13)26-17-7-3-2-6-15(17)21/h2-11,26H,1H3. The second-order valence-electron chi connectivity index (χ2n) is 5.76. The lowest BCUT2D eigenvalue weighted by atomic mass is 10.1. The van der Waals surface area contributed by atoms with Crippen LogP contribution in [-0.4, -0.2) is 18.1 Å². The van der Waals surface area contributed by atoms with Gasteiger partial charge in [0.05, 0.1) is 29.1 Å². The molecule has 150 valence electrons. The first-order valence-electron chi connectivity index (χ1n) is 8.23. The molecule has 3 rings (SSSR count). The van der Waals surface area contributed by atoms with Crippen LogP contribution in [0.25, 0.3) is 0 Å². The smallest absolute Gasteiger partial charge is 0.421 e. The number of esters is 1. The summed E-state index contributed by atoms with van der Waals surface area (Å²) in [6.07, 6.45) is -3.46. The number of alkyl halides is 3. The van der Waals surface area contributed by atoms with E-state index >= 15 is 0 Å². The zero-order valence-corrected chi connectivity index (χ0v) is 15.7. The second-order valence-corrected chi connectivity index (χ2v) is 6.17. The molecule has 0 spiro atoms. The van der Waals surface area contributed by atoms with Crippen LogP contribution in [0.15, 0.2) is 60.8 Å². The number of halogens is 4. The van der Waals surface area contributed by atoms with Crippen molar-refractivity contribution in [2.45, 2.75) is 6.18 Å². The summed E-state index contributed by atoms with van der Waals surface area (Å²) >= 11 is 6.12. The molecule has 0 saturated carbocycles. The Balaban J connectivity index is 1.97. The Morgan fingerprint density at radius 1 is 1.07 bits per heavy atom. The third kappa shape index (κ3) is 4.78. The summed E-state index contributed by atoms with van der Waals surface area (Å²) in [5.74, 6) is -1.34. The number of carbonyl (C=O) groups excluding carboxylic acids is 1. The monoisotopic (exact) mass is 422 g/mol. The molecule has 0 radical (unpaired) electrons. The average molecular weight is 423 g/mol. The van der Waals surface area contributed by atoms with E-state index in [0.717, 1.165) is 12.1 Å². The van der Waals surface area contributed by atoms with Gasteiger partial charge >= 0.3 is 12.1 Å². The molecule has 5 nitrogen and oxygen atoms in total. The highest BCUT2D eigenvalue weighted by Gasteiger charge is 2.35. The Labute approximate surface area is 169 Å². The lowest BCUT2D eigenvalue weighted by molar-refractivity contribution is -0.138. The van der Waals surface area contributed by atoms with Crippen molar-refractivity contribution in [2.75, 3.05) is 12.4 Å². The van der Waals surface area contributed by atoms with Crippen LogP contribution in [0.5, 0.6) is 11.6 Å². The molecule has 1 N–H and O–H groups in total. The summed E-state index contributed by atoms with van der Waals surface area (Å²) in [6, 6.07) is 13.0. The number of aromatic nitrogens is 1. The number of ether oxygens (including phenoxy) is 2. The first-order valence-corrected chi connectivity index (χ1v) is 8.61. The Morgan fingerprint density at radius 3 is 2.52 bits per heavy atom. The van der Waals surface area contributed by atoms with Crippen LogP contribution in [0.4, 0.5) is 24.5 Å². The van der Waals surface area contributed by atoms with E-state index in [9.17, 15) is 18.0 Å². The fraction of sp³-hybridized carbons (Fsp3) is 0.100. The van der Waals surface area contributed by atoms with Gasteiger partial charge in [-0.2, -0.15) is 13.2 Å². The second kappa shape index (κ2) is 8.40. The zero-order valence-electron chi connectivity index (χ0n) is 15.0. The Morgan fingerprint density at radius 2 is 1.83 bits per heavy atom. The van der Waals surface area contributed by atoms with Gasteiger partial charge < -0.3 is 14.8 Å². The Hall–Kier alpha value is -3.26. The van der Waals surface area contributed by atoms with Gasteiger partial charge in [-0.05, 0) is 42.5 Å². The van der Waals surface area contributed by atoms with Crippen molar-refractivity contribution in [3.8, 4) is 11.6 Å². The van der Waals surface area contributed by atoms with Gasteiger partial charge in [0.25, 0.3) is 0 Å². The highest BCUT2D eigenvalue weighted by molar-refractivity contribution is 6.33. The lowest BCUT2D eigenvalue weighted by Crippen LogP contribution is -2.09. The number of para-hydroxylation sites is 1. The maximum Gasteiger partial charge on any atom is 0.421 e. The fourth-order valence-corrected chi connectivity index (χ4v) is 2.66. The minimum atomic E-state index is -4.64. The van der Waals surface area contributed by atoms with Gasteiger partial charge in [-0.3, -0.25) is 0 Å². The number of benzene rings is 2. The third-order valence-corrected chi connectivity index (χ3v) is 4.16. The van der Waals surface area contributed by atoms with Crippen molar-refractivity contribution in [1.29, 1.82) is 0 Å². The van der Waals surface area contributed by atoms with Gasteiger partial charge in [0.1, 0.15) is 11.3 Å². The molecule has 0 atom stereocenters. The fourth-order valence-electron chi connectivity index (χ4n) is 2.48. The van der Waals surface area contributed by atoms with Crippen LogP contribution in [0.3, 0.4) is 0 Å².